The van der Waals surface area contributed by atoms with Crippen LogP contribution in [0.5, 0.6) is 0 Å². The Hall–Kier alpha value is -1.18. The van der Waals surface area contributed by atoms with Crippen molar-refractivity contribution in [3.05, 3.63) is 18.7 Å². The van der Waals surface area contributed by atoms with Gasteiger partial charge in [0.05, 0.1) is 12.7 Å². The van der Waals surface area contributed by atoms with Crippen LogP contribution in [0.1, 0.15) is 38.6 Å². The third kappa shape index (κ3) is 5.16. The molecule has 1 amide bonds. The fraction of sp³-hybridized carbons (Fsp3) is 0.733. The van der Waals surface area contributed by atoms with Gasteiger partial charge in [0.25, 0.3) is 0 Å². The Kier molecular flexibility index (Phi) is 6.38. The number of amides is 1. The number of alkyl halides is 3. The maximum atomic E-state index is 13.3. The van der Waals surface area contributed by atoms with E-state index in [2.05, 4.69) is 11.9 Å². The standard InChI is InChI=1S/C15H22F3N3OS/c1-2-23-12-5-3-4-7-20(10-12)14(22)9-13(15(16,17)18)21-8-6-19-11-21/h6,8,11-13H,2-5,7,9-10H2,1H3. The van der Waals surface area contributed by atoms with Crippen LogP contribution in [0.25, 0.3) is 0 Å². The number of hydrogen-bond donors (Lipinski definition) is 0. The van der Waals surface area contributed by atoms with Gasteiger partial charge in [-0.1, -0.05) is 13.3 Å². The second-order valence-corrected chi connectivity index (χ2v) is 7.26. The predicted molar refractivity (Wildman–Crippen MR) is 84.3 cm³/mol. The Bertz CT molecular complexity index is 493. The Balaban J connectivity index is 2.05. The summed E-state index contributed by atoms with van der Waals surface area (Å²) in [4.78, 5) is 17.7. The van der Waals surface area contributed by atoms with Crippen molar-refractivity contribution in [1.29, 1.82) is 0 Å². The highest BCUT2D eigenvalue weighted by Crippen LogP contribution is 2.34. The van der Waals surface area contributed by atoms with Crippen molar-refractivity contribution in [2.75, 3.05) is 18.8 Å². The van der Waals surface area contributed by atoms with E-state index in [0.29, 0.717) is 18.3 Å². The zero-order valence-electron chi connectivity index (χ0n) is 13.1. The van der Waals surface area contributed by atoms with Crippen LogP contribution in [0.2, 0.25) is 0 Å². The molecule has 0 aliphatic carbocycles. The van der Waals surface area contributed by atoms with Crippen LogP contribution in [0, 0.1) is 0 Å². The zero-order chi connectivity index (χ0) is 16.9. The summed E-state index contributed by atoms with van der Waals surface area (Å²) >= 11 is 1.78. The molecule has 0 radical (unpaired) electrons. The van der Waals surface area contributed by atoms with Gasteiger partial charge in [-0.25, -0.2) is 4.98 Å². The molecule has 1 aromatic heterocycles. The first kappa shape index (κ1) is 18.2. The first-order valence-corrected chi connectivity index (χ1v) is 8.90. The summed E-state index contributed by atoms with van der Waals surface area (Å²) in [5.74, 6) is 0.525. The number of rotatable bonds is 5. The number of thioether (sulfide) groups is 1. The summed E-state index contributed by atoms with van der Waals surface area (Å²) in [6, 6.07) is -1.85. The van der Waals surface area contributed by atoms with Crippen molar-refractivity contribution in [3.8, 4) is 0 Å². The fourth-order valence-corrected chi connectivity index (χ4v) is 3.93. The van der Waals surface area contributed by atoms with E-state index in [9.17, 15) is 18.0 Å². The Labute approximate surface area is 138 Å². The minimum atomic E-state index is -4.47. The molecule has 1 aliphatic heterocycles. The van der Waals surface area contributed by atoms with E-state index >= 15 is 0 Å². The van der Waals surface area contributed by atoms with Crippen molar-refractivity contribution in [2.45, 2.75) is 50.1 Å². The fourth-order valence-electron chi connectivity index (χ4n) is 2.84. The molecule has 0 aromatic carbocycles. The summed E-state index contributed by atoms with van der Waals surface area (Å²) in [6.07, 6.45) is 1.52. The summed E-state index contributed by atoms with van der Waals surface area (Å²) in [5, 5.41) is 0.323. The maximum Gasteiger partial charge on any atom is 0.409 e. The number of halogens is 3. The molecule has 0 spiro atoms. The van der Waals surface area contributed by atoms with Gasteiger partial charge in [-0.3, -0.25) is 4.79 Å². The molecule has 2 heterocycles. The third-order valence-corrected chi connectivity index (χ3v) is 5.20. The van der Waals surface area contributed by atoms with Crippen molar-refractivity contribution < 1.29 is 18.0 Å². The Morgan fingerprint density at radius 2 is 2.22 bits per heavy atom. The minimum absolute atomic E-state index is 0.323. The summed E-state index contributed by atoms with van der Waals surface area (Å²) < 4.78 is 40.8. The number of hydrogen-bond acceptors (Lipinski definition) is 3. The largest absolute Gasteiger partial charge is 0.409 e. The molecular weight excluding hydrogens is 327 g/mol. The van der Waals surface area contributed by atoms with Crippen molar-refractivity contribution in [2.24, 2.45) is 0 Å². The van der Waals surface area contributed by atoms with Gasteiger partial charge in [0.2, 0.25) is 5.91 Å². The van der Waals surface area contributed by atoms with Crippen molar-refractivity contribution >= 4 is 17.7 Å². The molecular formula is C15H22F3N3OS. The molecule has 23 heavy (non-hydrogen) atoms. The van der Waals surface area contributed by atoms with Crippen molar-refractivity contribution in [1.82, 2.24) is 14.5 Å². The lowest BCUT2D eigenvalue weighted by atomic mass is 10.1. The van der Waals surface area contributed by atoms with Crippen LogP contribution in [0.4, 0.5) is 13.2 Å². The minimum Gasteiger partial charge on any atom is -0.342 e. The Morgan fingerprint density at radius 3 is 2.83 bits per heavy atom. The third-order valence-electron chi connectivity index (χ3n) is 4.01. The van der Waals surface area contributed by atoms with E-state index in [1.165, 1.54) is 12.4 Å². The molecule has 1 fully saturated rings. The number of aromatic nitrogens is 2. The number of imidazole rings is 1. The highest BCUT2D eigenvalue weighted by molar-refractivity contribution is 7.99. The zero-order valence-corrected chi connectivity index (χ0v) is 13.9. The molecule has 4 nitrogen and oxygen atoms in total. The predicted octanol–water partition coefficient (Wildman–Crippen LogP) is 3.51. The molecule has 0 N–H and O–H groups in total. The van der Waals surface area contributed by atoms with E-state index < -0.39 is 24.5 Å². The van der Waals surface area contributed by atoms with Gasteiger partial charge in [0.1, 0.15) is 6.04 Å². The first-order valence-electron chi connectivity index (χ1n) is 7.85. The number of carbonyl (C=O) groups is 1. The van der Waals surface area contributed by atoms with Gasteiger partial charge < -0.3 is 9.47 Å². The highest BCUT2D eigenvalue weighted by Gasteiger charge is 2.43. The van der Waals surface area contributed by atoms with Gasteiger partial charge in [-0.2, -0.15) is 24.9 Å². The van der Waals surface area contributed by atoms with Crippen molar-refractivity contribution in [3.63, 3.8) is 0 Å². The molecule has 0 bridgehead atoms. The molecule has 2 unspecified atom stereocenters. The maximum absolute atomic E-state index is 13.3. The Morgan fingerprint density at radius 1 is 1.43 bits per heavy atom. The van der Waals surface area contributed by atoms with Crippen LogP contribution in [0.3, 0.4) is 0 Å². The highest BCUT2D eigenvalue weighted by atomic mass is 32.2. The molecule has 1 aromatic rings. The number of nitrogens with zero attached hydrogens (tertiary/aromatic N) is 3. The SMILES string of the molecule is CCSC1CCCCN(C(=O)CC(n2ccnc2)C(F)(F)F)C1. The molecule has 0 saturated carbocycles. The van der Waals surface area contributed by atoms with E-state index in [1.807, 2.05) is 0 Å². The summed E-state index contributed by atoms with van der Waals surface area (Å²) in [6.45, 7) is 3.15. The van der Waals surface area contributed by atoms with Crippen LogP contribution in [-0.4, -0.2) is 50.6 Å². The lowest BCUT2D eigenvalue weighted by Crippen LogP contribution is -2.39. The summed E-state index contributed by atoms with van der Waals surface area (Å²) in [7, 11) is 0. The number of carbonyl (C=O) groups excluding carboxylic acids is 1. The van der Waals surface area contributed by atoms with Crippen LogP contribution < -0.4 is 0 Å². The van der Waals surface area contributed by atoms with E-state index in [4.69, 9.17) is 0 Å². The number of likely N-dealkylation sites (tertiary alicyclic amines) is 1. The van der Waals surface area contributed by atoms with Crippen LogP contribution in [-0.2, 0) is 4.79 Å². The average Bonchev–Trinajstić information content (AvgIpc) is 2.90. The lowest BCUT2D eigenvalue weighted by Gasteiger charge is -2.27. The van der Waals surface area contributed by atoms with E-state index in [0.717, 1.165) is 35.9 Å². The van der Waals surface area contributed by atoms with Gasteiger partial charge >= 0.3 is 6.18 Å². The second-order valence-electron chi connectivity index (χ2n) is 5.68. The molecule has 1 aliphatic rings. The van der Waals surface area contributed by atoms with Crippen LogP contribution in [0.15, 0.2) is 18.7 Å². The van der Waals surface area contributed by atoms with Gasteiger partial charge in [0, 0.05) is 30.7 Å². The average molecular weight is 349 g/mol. The molecule has 1 saturated heterocycles. The normalized spacial score (nSPS) is 21.0. The van der Waals surface area contributed by atoms with Crippen LogP contribution >= 0.6 is 11.8 Å². The molecule has 130 valence electrons. The second kappa shape index (κ2) is 8.08. The smallest absolute Gasteiger partial charge is 0.342 e. The molecule has 2 atom stereocenters. The first-order chi connectivity index (χ1) is 10.9. The van der Waals surface area contributed by atoms with E-state index in [-0.39, 0.29) is 0 Å². The lowest BCUT2D eigenvalue weighted by molar-refractivity contribution is -0.175. The van der Waals surface area contributed by atoms with Gasteiger partial charge in [0.15, 0.2) is 0 Å². The topological polar surface area (TPSA) is 38.1 Å². The van der Waals surface area contributed by atoms with E-state index in [1.54, 1.807) is 16.7 Å². The molecule has 2 rings (SSSR count). The molecule has 8 heteroatoms. The van der Waals surface area contributed by atoms with Gasteiger partial charge in [-0.15, -0.1) is 0 Å². The summed E-state index contributed by atoms with van der Waals surface area (Å²) in [5.41, 5.74) is 0. The van der Waals surface area contributed by atoms with Gasteiger partial charge in [-0.05, 0) is 18.6 Å². The quantitative estimate of drug-likeness (QED) is 0.816. The monoisotopic (exact) mass is 349 g/mol.